The standard InChI is InChI=1S/C27H31N5O3/c1-16(31-15-25(33)32-10-2-3-21(32)14-28)11-24-22-8-6-19(26(29)34)12-17(22)4-5-18-13-20(27(30)35)7-9-23(18)24/h6-9,12-13,16,21,24,31H,2-5,10-11,15H2,1H3,(H2,29,34)(H2,30,35)/t16-,21?/m1/s1. The number of carbonyl (C=O) groups excluding carboxylic acids is 3. The van der Waals surface area contributed by atoms with Crippen molar-refractivity contribution in [2.75, 3.05) is 13.1 Å². The Labute approximate surface area is 205 Å². The van der Waals surface area contributed by atoms with Crippen LogP contribution in [-0.4, -0.2) is 47.8 Å². The molecule has 2 aromatic carbocycles. The fourth-order valence-electron chi connectivity index (χ4n) is 5.32. The molecule has 5 N–H and O–H groups in total. The number of primary amides is 2. The number of amides is 3. The minimum atomic E-state index is -0.465. The molecule has 1 aliphatic heterocycles. The molecule has 35 heavy (non-hydrogen) atoms. The third kappa shape index (κ3) is 5.20. The van der Waals surface area contributed by atoms with E-state index in [1.165, 1.54) is 0 Å². The van der Waals surface area contributed by atoms with Gasteiger partial charge >= 0.3 is 0 Å². The van der Waals surface area contributed by atoms with Crippen LogP contribution in [0.5, 0.6) is 0 Å². The molecule has 8 nitrogen and oxygen atoms in total. The molecule has 0 saturated carbocycles. The zero-order valence-electron chi connectivity index (χ0n) is 19.9. The monoisotopic (exact) mass is 473 g/mol. The number of nitrogens with zero attached hydrogens (tertiary/aromatic N) is 2. The third-order valence-electron chi connectivity index (χ3n) is 7.18. The number of carbonyl (C=O) groups is 3. The van der Waals surface area contributed by atoms with Crippen molar-refractivity contribution in [2.24, 2.45) is 11.5 Å². The average molecular weight is 474 g/mol. The topological polar surface area (TPSA) is 142 Å². The second kappa shape index (κ2) is 10.3. The van der Waals surface area contributed by atoms with E-state index >= 15 is 0 Å². The Morgan fingerprint density at radius 1 is 1.06 bits per heavy atom. The zero-order chi connectivity index (χ0) is 25.1. The lowest BCUT2D eigenvalue weighted by molar-refractivity contribution is -0.130. The lowest BCUT2D eigenvalue weighted by Crippen LogP contribution is -2.43. The molecule has 182 valence electrons. The van der Waals surface area contributed by atoms with Crippen molar-refractivity contribution in [1.82, 2.24) is 10.2 Å². The van der Waals surface area contributed by atoms with Crippen molar-refractivity contribution in [2.45, 2.75) is 57.0 Å². The molecule has 0 spiro atoms. The van der Waals surface area contributed by atoms with E-state index in [0.717, 1.165) is 35.1 Å². The van der Waals surface area contributed by atoms with Crippen LogP contribution in [0.4, 0.5) is 0 Å². The zero-order valence-corrected chi connectivity index (χ0v) is 19.9. The number of nitrogens with two attached hydrogens (primary N) is 2. The van der Waals surface area contributed by atoms with Crippen LogP contribution in [0.3, 0.4) is 0 Å². The van der Waals surface area contributed by atoms with Gasteiger partial charge in [0.25, 0.3) is 0 Å². The SMILES string of the molecule is C[C@H](CC1c2ccc(C(N)=O)cc2CCc2cc(C(N)=O)ccc21)NCC(=O)N1CCCC1C#N. The first-order chi connectivity index (χ1) is 16.8. The number of hydrogen-bond acceptors (Lipinski definition) is 5. The van der Waals surface area contributed by atoms with Crippen LogP contribution in [0.25, 0.3) is 0 Å². The Morgan fingerprint density at radius 3 is 2.14 bits per heavy atom. The maximum atomic E-state index is 12.7. The molecule has 1 fully saturated rings. The lowest BCUT2D eigenvalue weighted by Gasteiger charge is -2.26. The molecule has 3 amide bonds. The highest BCUT2D eigenvalue weighted by Crippen LogP contribution is 2.38. The highest BCUT2D eigenvalue weighted by atomic mass is 16.2. The van der Waals surface area contributed by atoms with Gasteiger partial charge in [-0.3, -0.25) is 14.4 Å². The highest BCUT2D eigenvalue weighted by Gasteiger charge is 2.30. The average Bonchev–Trinajstić information content (AvgIpc) is 3.28. The summed E-state index contributed by atoms with van der Waals surface area (Å²) >= 11 is 0. The highest BCUT2D eigenvalue weighted by molar-refractivity contribution is 5.93. The van der Waals surface area contributed by atoms with Gasteiger partial charge in [-0.25, -0.2) is 0 Å². The third-order valence-corrected chi connectivity index (χ3v) is 7.18. The van der Waals surface area contributed by atoms with Gasteiger partial charge in [-0.1, -0.05) is 12.1 Å². The number of nitrogens with one attached hydrogen (secondary N) is 1. The molecule has 2 atom stereocenters. The maximum absolute atomic E-state index is 12.7. The van der Waals surface area contributed by atoms with Crippen molar-refractivity contribution in [1.29, 1.82) is 5.26 Å². The number of benzene rings is 2. The Kier molecular flexibility index (Phi) is 7.17. The molecule has 0 bridgehead atoms. The quantitative estimate of drug-likeness (QED) is 0.564. The summed E-state index contributed by atoms with van der Waals surface area (Å²) in [4.78, 5) is 37.9. The van der Waals surface area contributed by atoms with Crippen molar-refractivity contribution >= 4 is 17.7 Å². The van der Waals surface area contributed by atoms with Crippen molar-refractivity contribution < 1.29 is 14.4 Å². The Balaban J connectivity index is 1.58. The molecule has 2 aliphatic rings. The van der Waals surface area contributed by atoms with Crippen molar-refractivity contribution in [3.05, 3.63) is 69.8 Å². The van der Waals surface area contributed by atoms with Crippen LogP contribution >= 0.6 is 0 Å². The van der Waals surface area contributed by atoms with Gasteiger partial charge in [-0.05, 0) is 85.5 Å². The molecular weight excluding hydrogens is 442 g/mol. The summed E-state index contributed by atoms with van der Waals surface area (Å²) in [5.41, 5.74) is 16.3. The number of aryl methyl sites for hydroxylation is 2. The van der Waals surface area contributed by atoms with Gasteiger partial charge in [0, 0.05) is 29.6 Å². The largest absolute Gasteiger partial charge is 0.366 e. The van der Waals surface area contributed by atoms with E-state index in [9.17, 15) is 19.6 Å². The van der Waals surface area contributed by atoms with Crippen LogP contribution in [0.1, 0.15) is 75.1 Å². The Morgan fingerprint density at radius 2 is 1.63 bits per heavy atom. The van der Waals surface area contributed by atoms with Crippen LogP contribution in [0, 0.1) is 11.3 Å². The number of fused-ring (bicyclic) bond motifs is 2. The summed E-state index contributed by atoms with van der Waals surface area (Å²) in [6.45, 7) is 2.84. The van der Waals surface area contributed by atoms with Gasteiger partial charge in [-0.15, -0.1) is 0 Å². The molecule has 1 saturated heterocycles. The summed E-state index contributed by atoms with van der Waals surface area (Å²) in [5.74, 6) is -0.983. The molecule has 1 unspecified atom stereocenters. The first-order valence-electron chi connectivity index (χ1n) is 12.1. The van der Waals surface area contributed by atoms with E-state index in [0.29, 0.717) is 36.9 Å². The van der Waals surface area contributed by atoms with E-state index in [4.69, 9.17) is 11.5 Å². The predicted molar refractivity (Wildman–Crippen MR) is 132 cm³/mol. The van der Waals surface area contributed by atoms with Gasteiger partial charge in [0.15, 0.2) is 0 Å². The number of rotatable bonds is 7. The van der Waals surface area contributed by atoms with Crippen molar-refractivity contribution in [3.8, 4) is 6.07 Å². The molecule has 1 aliphatic carbocycles. The first-order valence-corrected chi connectivity index (χ1v) is 12.1. The maximum Gasteiger partial charge on any atom is 0.248 e. The minimum absolute atomic E-state index is 0.00229. The summed E-state index contributed by atoms with van der Waals surface area (Å²) in [6.07, 6.45) is 3.73. The molecule has 0 aromatic heterocycles. The Hall–Kier alpha value is -3.70. The van der Waals surface area contributed by atoms with Gasteiger partial charge in [0.05, 0.1) is 12.6 Å². The van der Waals surface area contributed by atoms with Gasteiger partial charge in [0.2, 0.25) is 17.7 Å². The number of likely N-dealkylation sites (tertiary alicyclic amines) is 1. The first kappa shape index (κ1) is 24.4. The lowest BCUT2D eigenvalue weighted by atomic mass is 9.83. The smallest absolute Gasteiger partial charge is 0.248 e. The van der Waals surface area contributed by atoms with E-state index in [1.54, 1.807) is 17.0 Å². The fraction of sp³-hybridized carbons (Fsp3) is 0.407. The van der Waals surface area contributed by atoms with Crippen LogP contribution < -0.4 is 16.8 Å². The van der Waals surface area contributed by atoms with E-state index in [1.807, 2.05) is 31.2 Å². The molecule has 0 radical (unpaired) electrons. The minimum Gasteiger partial charge on any atom is -0.366 e. The van der Waals surface area contributed by atoms with Crippen LogP contribution in [0.15, 0.2) is 36.4 Å². The van der Waals surface area contributed by atoms with Crippen LogP contribution in [0.2, 0.25) is 0 Å². The number of hydrogen-bond donors (Lipinski definition) is 3. The van der Waals surface area contributed by atoms with E-state index < -0.39 is 11.8 Å². The second-order valence-electron chi connectivity index (χ2n) is 9.50. The molecule has 8 heteroatoms. The fourth-order valence-corrected chi connectivity index (χ4v) is 5.32. The van der Waals surface area contributed by atoms with E-state index in [-0.39, 0.29) is 30.5 Å². The predicted octanol–water partition coefficient (Wildman–Crippen LogP) is 2.00. The molecular formula is C27H31N5O3. The summed E-state index contributed by atoms with van der Waals surface area (Å²) in [6, 6.07) is 13.1. The summed E-state index contributed by atoms with van der Waals surface area (Å²) in [7, 11) is 0. The van der Waals surface area contributed by atoms with Gasteiger partial charge < -0.3 is 21.7 Å². The Bertz CT molecular complexity index is 1140. The summed E-state index contributed by atoms with van der Waals surface area (Å²) in [5, 5.41) is 12.6. The molecule has 1 heterocycles. The second-order valence-corrected chi connectivity index (χ2v) is 9.50. The van der Waals surface area contributed by atoms with Gasteiger partial charge in [-0.2, -0.15) is 5.26 Å². The summed E-state index contributed by atoms with van der Waals surface area (Å²) < 4.78 is 0. The van der Waals surface area contributed by atoms with Crippen molar-refractivity contribution in [3.63, 3.8) is 0 Å². The molecule has 4 rings (SSSR count). The van der Waals surface area contributed by atoms with Gasteiger partial charge in [0.1, 0.15) is 6.04 Å². The normalized spacial score (nSPS) is 18.2. The van der Waals surface area contributed by atoms with E-state index in [2.05, 4.69) is 11.4 Å². The number of nitriles is 1. The molecule has 2 aromatic rings. The van der Waals surface area contributed by atoms with Crippen LogP contribution in [-0.2, 0) is 17.6 Å².